The van der Waals surface area contributed by atoms with E-state index in [9.17, 15) is 13.6 Å². The smallest absolute Gasteiger partial charge is 0.237 e. The van der Waals surface area contributed by atoms with Gasteiger partial charge in [0.2, 0.25) is 5.91 Å². The molecule has 1 aromatic rings. The van der Waals surface area contributed by atoms with E-state index < -0.39 is 22.8 Å². The Labute approximate surface area is 112 Å². The van der Waals surface area contributed by atoms with Crippen molar-refractivity contribution in [3.05, 3.63) is 28.2 Å². The molecular weight excluding hydrogens is 312 g/mol. The number of amides is 1. The van der Waals surface area contributed by atoms with E-state index in [1.54, 1.807) is 0 Å². The number of carbonyl (C=O) groups excluding carboxylic acids is 1. The van der Waals surface area contributed by atoms with Gasteiger partial charge in [0.15, 0.2) is 0 Å². The monoisotopic (exact) mass is 323 g/mol. The van der Waals surface area contributed by atoms with Crippen molar-refractivity contribution in [1.82, 2.24) is 0 Å². The van der Waals surface area contributed by atoms with Crippen LogP contribution >= 0.6 is 28.6 Å². The molecule has 0 fully saturated rings. The Morgan fingerprint density at radius 3 is 2.47 bits per heavy atom. The Morgan fingerprint density at radius 2 is 1.94 bits per heavy atom. The van der Waals surface area contributed by atoms with Gasteiger partial charge in [-0.2, -0.15) is 12.6 Å². The van der Waals surface area contributed by atoms with Crippen LogP contribution in [0.2, 0.25) is 0 Å². The molecule has 1 unspecified atom stereocenters. The second-order valence-corrected chi connectivity index (χ2v) is 5.33. The summed E-state index contributed by atoms with van der Waals surface area (Å²) in [4.78, 5) is 11.6. The van der Waals surface area contributed by atoms with Crippen molar-refractivity contribution < 1.29 is 13.6 Å². The molecule has 0 aliphatic carbocycles. The molecule has 0 saturated carbocycles. The van der Waals surface area contributed by atoms with Gasteiger partial charge in [0, 0.05) is 6.07 Å². The number of hydrogen-bond donors (Lipinski definition) is 2. The number of benzene rings is 1. The molecule has 0 heterocycles. The molecule has 0 bridgehead atoms. The fourth-order valence-electron chi connectivity index (χ4n) is 1.13. The minimum absolute atomic E-state index is 0.0188. The van der Waals surface area contributed by atoms with Crippen molar-refractivity contribution >= 4 is 40.2 Å². The summed E-state index contributed by atoms with van der Waals surface area (Å²) >= 11 is 7.03. The maximum Gasteiger partial charge on any atom is 0.237 e. The highest BCUT2D eigenvalue weighted by molar-refractivity contribution is 9.10. The van der Waals surface area contributed by atoms with Gasteiger partial charge in [-0.05, 0) is 27.9 Å². The van der Waals surface area contributed by atoms with Gasteiger partial charge >= 0.3 is 0 Å². The van der Waals surface area contributed by atoms with Crippen LogP contribution in [0.5, 0.6) is 0 Å². The molecule has 1 N–H and O–H groups in total. The van der Waals surface area contributed by atoms with Crippen LogP contribution < -0.4 is 5.32 Å². The SMILES string of the molecule is CC(C)C(S)C(=O)Nc1cc(Br)c(F)cc1F. The standard InChI is InChI=1S/C11H12BrF2NOS/c1-5(2)10(17)11(16)15-9-3-6(12)7(13)4-8(9)14/h3-5,10,17H,1-2H3,(H,15,16). The Kier molecular flexibility index (Phi) is 4.94. The number of rotatable bonds is 3. The van der Waals surface area contributed by atoms with Crippen molar-refractivity contribution in [2.24, 2.45) is 5.92 Å². The Balaban J connectivity index is 2.89. The van der Waals surface area contributed by atoms with Crippen LogP contribution in [0.15, 0.2) is 16.6 Å². The van der Waals surface area contributed by atoms with E-state index in [4.69, 9.17) is 0 Å². The fourth-order valence-corrected chi connectivity index (χ4v) is 1.54. The van der Waals surface area contributed by atoms with Crippen LogP contribution in [-0.2, 0) is 4.79 Å². The zero-order valence-corrected chi connectivity index (χ0v) is 11.8. The zero-order chi connectivity index (χ0) is 13.2. The Bertz CT molecular complexity index is 440. The lowest BCUT2D eigenvalue weighted by molar-refractivity contribution is -0.116. The number of nitrogens with one attached hydrogen (secondary N) is 1. The van der Waals surface area contributed by atoms with Crippen LogP contribution in [0.25, 0.3) is 0 Å². The average Bonchev–Trinajstić information content (AvgIpc) is 2.24. The van der Waals surface area contributed by atoms with Gasteiger partial charge in [-0.15, -0.1) is 0 Å². The zero-order valence-electron chi connectivity index (χ0n) is 9.30. The molecule has 0 aliphatic heterocycles. The van der Waals surface area contributed by atoms with Crippen molar-refractivity contribution in [2.75, 3.05) is 5.32 Å². The molecule has 1 atom stereocenters. The summed E-state index contributed by atoms with van der Waals surface area (Å²) < 4.78 is 26.4. The maximum atomic E-state index is 13.4. The molecule has 0 aromatic heterocycles. The summed E-state index contributed by atoms with van der Waals surface area (Å²) in [6.45, 7) is 3.66. The van der Waals surface area contributed by atoms with Gasteiger partial charge in [-0.1, -0.05) is 13.8 Å². The van der Waals surface area contributed by atoms with E-state index in [1.807, 2.05) is 13.8 Å². The summed E-state index contributed by atoms with van der Waals surface area (Å²) in [6.07, 6.45) is 0. The molecule has 94 valence electrons. The van der Waals surface area contributed by atoms with Crippen LogP contribution in [0.3, 0.4) is 0 Å². The van der Waals surface area contributed by atoms with Crippen LogP contribution in [0.4, 0.5) is 14.5 Å². The minimum Gasteiger partial charge on any atom is -0.323 e. The first-order valence-corrected chi connectivity index (χ1v) is 6.27. The third-order valence-electron chi connectivity index (χ3n) is 2.17. The highest BCUT2D eigenvalue weighted by Gasteiger charge is 2.19. The third kappa shape index (κ3) is 3.67. The van der Waals surface area contributed by atoms with Gasteiger partial charge < -0.3 is 5.32 Å². The van der Waals surface area contributed by atoms with E-state index in [0.29, 0.717) is 6.07 Å². The third-order valence-corrected chi connectivity index (χ3v) is 3.61. The summed E-state index contributed by atoms with van der Waals surface area (Å²) in [5.41, 5.74) is -0.0667. The van der Waals surface area contributed by atoms with E-state index in [1.165, 1.54) is 6.07 Å². The van der Waals surface area contributed by atoms with Crippen molar-refractivity contribution in [2.45, 2.75) is 19.1 Å². The molecule has 0 spiro atoms. The van der Waals surface area contributed by atoms with Gasteiger partial charge in [0.1, 0.15) is 11.6 Å². The van der Waals surface area contributed by atoms with Crippen LogP contribution in [0, 0.1) is 17.6 Å². The average molecular weight is 324 g/mol. The van der Waals surface area contributed by atoms with Gasteiger partial charge in [0.05, 0.1) is 15.4 Å². The summed E-state index contributed by atoms with van der Waals surface area (Å²) in [7, 11) is 0. The van der Waals surface area contributed by atoms with Crippen molar-refractivity contribution in [1.29, 1.82) is 0 Å². The van der Waals surface area contributed by atoms with Gasteiger partial charge in [0.25, 0.3) is 0 Å². The van der Waals surface area contributed by atoms with E-state index in [2.05, 4.69) is 33.9 Å². The van der Waals surface area contributed by atoms with Gasteiger partial charge in [-0.3, -0.25) is 4.79 Å². The minimum atomic E-state index is -0.816. The predicted molar refractivity (Wildman–Crippen MR) is 70.3 cm³/mol. The van der Waals surface area contributed by atoms with Crippen molar-refractivity contribution in [3.8, 4) is 0 Å². The normalized spacial score (nSPS) is 12.6. The molecule has 0 aliphatic rings. The van der Waals surface area contributed by atoms with E-state index in [0.717, 1.165) is 0 Å². The molecule has 0 saturated heterocycles. The number of hydrogen-bond acceptors (Lipinski definition) is 2. The van der Waals surface area contributed by atoms with Gasteiger partial charge in [-0.25, -0.2) is 8.78 Å². The number of halogens is 3. The second kappa shape index (κ2) is 5.82. The second-order valence-electron chi connectivity index (χ2n) is 3.92. The molecule has 1 rings (SSSR count). The predicted octanol–water partition coefficient (Wildman–Crippen LogP) is 3.62. The molecule has 1 aromatic carbocycles. The highest BCUT2D eigenvalue weighted by Crippen LogP contribution is 2.24. The highest BCUT2D eigenvalue weighted by atomic mass is 79.9. The molecule has 0 radical (unpaired) electrons. The largest absolute Gasteiger partial charge is 0.323 e. The van der Waals surface area contributed by atoms with Crippen LogP contribution in [0.1, 0.15) is 13.8 Å². The molecule has 17 heavy (non-hydrogen) atoms. The van der Waals surface area contributed by atoms with E-state index in [-0.39, 0.29) is 16.1 Å². The summed E-state index contributed by atoms with van der Waals surface area (Å²) in [6, 6.07) is 1.89. The number of thiol groups is 1. The topological polar surface area (TPSA) is 29.1 Å². The lowest BCUT2D eigenvalue weighted by Crippen LogP contribution is -2.28. The first-order valence-electron chi connectivity index (χ1n) is 4.96. The Morgan fingerprint density at radius 1 is 1.35 bits per heavy atom. The maximum absolute atomic E-state index is 13.4. The quantitative estimate of drug-likeness (QED) is 0.645. The molecular formula is C11H12BrF2NOS. The van der Waals surface area contributed by atoms with E-state index >= 15 is 0 Å². The lowest BCUT2D eigenvalue weighted by atomic mass is 10.1. The first kappa shape index (κ1) is 14.4. The molecule has 2 nitrogen and oxygen atoms in total. The fraction of sp³-hybridized carbons (Fsp3) is 0.364. The molecule has 6 heteroatoms. The van der Waals surface area contributed by atoms with Crippen LogP contribution in [-0.4, -0.2) is 11.2 Å². The summed E-state index contributed by atoms with van der Waals surface area (Å²) in [5, 5.41) is 1.83. The Hall–Kier alpha value is -0.620. The number of anilines is 1. The summed E-state index contributed by atoms with van der Waals surface area (Å²) in [5.74, 6) is -1.93. The molecule has 1 amide bonds. The first-order chi connectivity index (χ1) is 7.82. The lowest BCUT2D eigenvalue weighted by Gasteiger charge is -2.15. The van der Waals surface area contributed by atoms with Crippen molar-refractivity contribution in [3.63, 3.8) is 0 Å². The number of carbonyl (C=O) groups is 1.